The van der Waals surface area contributed by atoms with Gasteiger partial charge in [0.05, 0.1) is 17.5 Å². The molecular formula is C36H25Cl2F5N2O6. The zero-order chi connectivity index (χ0) is 37.2. The van der Waals surface area contributed by atoms with Gasteiger partial charge < -0.3 is 5.11 Å². The topological polar surface area (TPSA) is 112 Å². The first-order valence-electron chi connectivity index (χ1n) is 15.7. The maximum absolute atomic E-state index is 15.2. The molecule has 2 heterocycles. The van der Waals surface area contributed by atoms with Crippen molar-refractivity contribution in [2.24, 2.45) is 17.8 Å². The van der Waals surface area contributed by atoms with Crippen molar-refractivity contribution in [3.8, 4) is 5.75 Å². The van der Waals surface area contributed by atoms with Crippen molar-refractivity contribution in [3.63, 3.8) is 0 Å². The van der Waals surface area contributed by atoms with Gasteiger partial charge in [-0.3, -0.25) is 28.9 Å². The van der Waals surface area contributed by atoms with Crippen LogP contribution >= 0.6 is 23.2 Å². The Hall–Kier alpha value is -4.62. The highest BCUT2D eigenvalue weighted by molar-refractivity contribution is 6.58. The lowest BCUT2D eigenvalue weighted by Gasteiger charge is -2.50. The van der Waals surface area contributed by atoms with Crippen LogP contribution < -0.4 is 9.80 Å². The number of aryl methyl sites for hydroxylation is 2. The summed E-state index contributed by atoms with van der Waals surface area (Å²) >= 11 is 14.3. The Bertz CT molecular complexity index is 2140. The molecule has 1 N–H and O–H groups in total. The Labute approximate surface area is 296 Å². The lowest BCUT2D eigenvalue weighted by atomic mass is 9.56. The number of carbonyl (C=O) groups is 5. The van der Waals surface area contributed by atoms with E-state index in [9.17, 15) is 42.3 Å². The number of anilines is 2. The number of carbonyl (C=O) groups excluding carboxylic acids is 5. The molecule has 4 aliphatic rings. The highest BCUT2D eigenvalue weighted by Gasteiger charge is 2.77. The van der Waals surface area contributed by atoms with Crippen LogP contribution in [-0.4, -0.2) is 44.3 Å². The molecule has 8 nitrogen and oxygen atoms in total. The molecular weight excluding hydrogens is 722 g/mol. The van der Waals surface area contributed by atoms with Crippen LogP contribution in [0.4, 0.5) is 33.3 Å². The lowest BCUT2D eigenvalue weighted by molar-refractivity contribution is -0.125. The second-order valence-corrected chi connectivity index (χ2v) is 14.6. The number of rotatable bonds is 4. The molecule has 0 aromatic heterocycles. The number of hydrogen-bond acceptors (Lipinski definition) is 6. The Kier molecular flexibility index (Phi) is 7.81. The number of ketones is 1. The van der Waals surface area contributed by atoms with Crippen molar-refractivity contribution in [1.29, 1.82) is 0 Å². The third-order valence-electron chi connectivity index (χ3n) is 10.6. The van der Waals surface area contributed by atoms with Crippen molar-refractivity contribution in [3.05, 3.63) is 99.4 Å². The minimum atomic E-state index is -2.68. The summed E-state index contributed by atoms with van der Waals surface area (Å²) in [6.45, 7) is 4.41. The molecule has 15 heteroatoms. The first-order chi connectivity index (χ1) is 23.9. The normalized spacial score (nSPS) is 28.5. The molecule has 6 unspecified atom stereocenters. The predicted molar refractivity (Wildman–Crippen MR) is 173 cm³/mol. The molecule has 6 atom stereocenters. The fraction of sp³-hybridized carbons (Fsp3) is 0.306. The number of aromatic hydroxyl groups is 1. The fourth-order valence-corrected chi connectivity index (χ4v) is 9.13. The summed E-state index contributed by atoms with van der Waals surface area (Å²) < 4.78 is 73.4. The van der Waals surface area contributed by atoms with Gasteiger partial charge in [0.15, 0.2) is 38.8 Å². The largest absolute Gasteiger partial charge is 0.507 e. The van der Waals surface area contributed by atoms with Crippen molar-refractivity contribution in [2.75, 3.05) is 9.80 Å². The first-order valence-corrected chi connectivity index (χ1v) is 16.4. The zero-order valence-corrected chi connectivity index (χ0v) is 28.3. The number of imide groups is 2. The Balaban J connectivity index is 1.42. The molecule has 0 spiro atoms. The molecule has 0 radical (unpaired) electrons. The summed E-state index contributed by atoms with van der Waals surface area (Å²) in [7, 11) is 0. The van der Waals surface area contributed by atoms with Gasteiger partial charge in [-0.2, -0.15) is 0 Å². The van der Waals surface area contributed by atoms with Crippen molar-refractivity contribution in [1.82, 2.24) is 0 Å². The number of phenolic OH excluding ortho intramolecular Hbond substituents is 1. The third kappa shape index (κ3) is 4.46. The number of halogens is 7. The predicted octanol–water partition coefficient (Wildman–Crippen LogP) is 6.68. The minimum Gasteiger partial charge on any atom is -0.507 e. The van der Waals surface area contributed by atoms with E-state index in [1.165, 1.54) is 57.2 Å². The van der Waals surface area contributed by atoms with Gasteiger partial charge in [-0.15, -0.1) is 23.2 Å². The highest BCUT2D eigenvalue weighted by Crippen LogP contribution is 2.66. The van der Waals surface area contributed by atoms with Crippen LogP contribution in [0.15, 0.2) is 48.0 Å². The van der Waals surface area contributed by atoms with E-state index in [1.807, 2.05) is 0 Å². The second kappa shape index (κ2) is 11.4. The van der Waals surface area contributed by atoms with E-state index in [4.69, 9.17) is 23.2 Å². The standard InChI is InChI=1S/C36H25Cl2F5N2O6/c1-13-10-17(11-14(2)30(13)47)23-19-8-9-20-22(32(49)44(31(20)48)18-6-4-16(5-7-18)15(3)46)21(19)12-35(37)33(50)45(34(51)36(23,35)38)29-27(42)25(40)24(39)26(41)28(29)43/h4-8,10-11,20-23,47H,9,12H2,1-3H3. The van der Waals surface area contributed by atoms with Crippen LogP contribution in [0.5, 0.6) is 5.75 Å². The van der Waals surface area contributed by atoms with Crippen molar-refractivity contribution in [2.45, 2.75) is 49.3 Å². The smallest absolute Gasteiger partial charge is 0.258 e. The van der Waals surface area contributed by atoms with Gasteiger partial charge in [-0.1, -0.05) is 23.8 Å². The number of amides is 4. The lowest BCUT2D eigenvalue weighted by Crippen LogP contribution is -2.60. The monoisotopic (exact) mass is 746 g/mol. The average Bonchev–Trinajstić information content (AvgIpc) is 3.43. The highest BCUT2D eigenvalue weighted by atomic mass is 35.5. The number of allylic oxidation sites excluding steroid dienone is 2. The summed E-state index contributed by atoms with van der Waals surface area (Å²) in [6, 6.07) is 8.63. The van der Waals surface area contributed by atoms with Gasteiger partial charge in [0.2, 0.25) is 17.6 Å². The SMILES string of the molecule is CC(=O)c1ccc(N2C(=O)C3CC=C4C(CC5(Cl)C(=O)N(c6c(F)c(F)c(F)c(F)c6F)C(=O)C5(Cl)C4c4cc(C)c(O)c(C)c4)C3C2=O)cc1. The van der Waals surface area contributed by atoms with Gasteiger partial charge in [0.25, 0.3) is 11.8 Å². The molecule has 3 fully saturated rings. The van der Waals surface area contributed by atoms with Crippen LogP contribution in [0.25, 0.3) is 0 Å². The quantitative estimate of drug-likeness (QED) is 0.0607. The number of hydrogen-bond donors (Lipinski definition) is 1. The molecule has 264 valence electrons. The first kappa shape index (κ1) is 34.8. The third-order valence-corrected chi connectivity index (χ3v) is 12.0. The number of phenols is 1. The van der Waals surface area contributed by atoms with Gasteiger partial charge in [0, 0.05) is 11.5 Å². The zero-order valence-electron chi connectivity index (χ0n) is 26.8. The molecule has 3 aromatic rings. The number of nitrogens with zero attached hydrogens (tertiary/aromatic N) is 2. The van der Waals surface area contributed by atoms with Crippen molar-refractivity contribution < 1.29 is 51.0 Å². The van der Waals surface area contributed by atoms with Gasteiger partial charge in [-0.05, 0) is 80.5 Å². The molecule has 2 saturated heterocycles. The summed E-state index contributed by atoms with van der Waals surface area (Å²) in [6.07, 6.45) is 0.895. The Morgan fingerprint density at radius 2 is 1.35 bits per heavy atom. The summed E-state index contributed by atoms with van der Waals surface area (Å²) in [5.74, 6) is -21.9. The van der Waals surface area contributed by atoms with Crippen LogP contribution in [0.2, 0.25) is 0 Å². The molecule has 4 amide bonds. The molecule has 3 aromatic carbocycles. The molecule has 2 aliphatic carbocycles. The maximum Gasteiger partial charge on any atom is 0.258 e. The number of alkyl halides is 2. The van der Waals surface area contributed by atoms with E-state index in [1.54, 1.807) is 6.08 Å². The van der Waals surface area contributed by atoms with Gasteiger partial charge in [-0.25, -0.2) is 26.9 Å². The molecule has 0 bridgehead atoms. The maximum atomic E-state index is 15.2. The van der Waals surface area contributed by atoms with E-state index in [2.05, 4.69) is 0 Å². The molecule has 7 rings (SSSR count). The van der Waals surface area contributed by atoms with E-state index in [-0.39, 0.29) is 39.7 Å². The van der Waals surface area contributed by atoms with E-state index in [0.29, 0.717) is 16.7 Å². The second-order valence-electron chi connectivity index (χ2n) is 13.3. The number of fused-ring (bicyclic) bond motifs is 4. The molecule has 51 heavy (non-hydrogen) atoms. The van der Waals surface area contributed by atoms with E-state index in [0.717, 1.165) is 4.90 Å². The number of benzene rings is 3. The summed E-state index contributed by atoms with van der Waals surface area (Å²) in [5.41, 5.74) is -0.313. The average molecular weight is 748 g/mol. The van der Waals surface area contributed by atoms with Crippen LogP contribution in [0, 0.1) is 60.7 Å². The summed E-state index contributed by atoms with van der Waals surface area (Å²) in [4.78, 5) is 64.0. The van der Waals surface area contributed by atoms with Gasteiger partial charge in [0.1, 0.15) is 11.4 Å². The van der Waals surface area contributed by atoms with Crippen LogP contribution in [-0.2, 0) is 19.2 Å². The van der Waals surface area contributed by atoms with Crippen LogP contribution in [0.3, 0.4) is 0 Å². The van der Waals surface area contributed by atoms with E-state index < -0.39 is 98.2 Å². The molecule has 2 aliphatic heterocycles. The summed E-state index contributed by atoms with van der Waals surface area (Å²) in [5, 5.41) is 10.6. The Morgan fingerprint density at radius 1 is 0.804 bits per heavy atom. The van der Waals surface area contributed by atoms with Crippen LogP contribution in [0.1, 0.15) is 52.7 Å². The number of Topliss-reactive ketones (excluding diaryl/α,β-unsaturated/α-hetero) is 1. The molecule has 1 saturated carbocycles. The fourth-order valence-electron chi connectivity index (χ4n) is 8.20. The Morgan fingerprint density at radius 3 is 1.90 bits per heavy atom. The minimum absolute atomic E-state index is 0.0403. The van der Waals surface area contributed by atoms with E-state index >= 15 is 8.78 Å². The van der Waals surface area contributed by atoms with Crippen molar-refractivity contribution >= 4 is 64.0 Å². The van der Waals surface area contributed by atoms with Gasteiger partial charge >= 0.3 is 0 Å².